The minimum absolute atomic E-state index is 0.139. The van der Waals surface area contributed by atoms with Crippen molar-refractivity contribution in [3.63, 3.8) is 0 Å². The largest absolute Gasteiger partial charge is 0.465 e. The van der Waals surface area contributed by atoms with Gasteiger partial charge in [0.1, 0.15) is 0 Å². The fourth-order valence-electron chi connectivity index (χ4n) is 1.58. The predicted molar refractivity (Wildman–Crippen MR) is 51.7 cm³/mol. The molecule has 3 heteroatoms. The number of carboxylic acid groups (broad SMARTS) is 1. The number of nitrogens with zero attached hydrogens (tertiary/aromatic N) is 1. The molecule has 0 heterocycles. The Morgan fingerprint density at radius 3 is 2.92 bits per heavy atom. The lowest BCUT2D eigenvalue weighted by atomic mass is 10.0. The molecular weight excluding hydrogens is 166 g/mol. The molecule has 1 unspecified atom stereocenters. The summed E-state index contributed by atoms with van der Waals surface area (Å²) in [5.74, 6) is 0. The van der Waals surface area contributed by atoms with Crippen LogP contribution in [0, 0.1) is 0 Å². The van der Waals surface area contributed by atoms with Gasteiger partial charge in [-0.2, -0.15) is 0 Å². The molecule has 0 aliphatic heterocycles. The fraction of sp³-hybridized carbons (Fsp3) is 0.500. The van der Waals surface area contributed by atoms with Crippen LogP contribution in [0.5, 0.6) is 0 Å². The molecule has 1 N–H and O–H groups in total. The highest BCUT2D eigenvalue weighted by atomic mass is 16.4. The van der Waals surface area contributed by atoms with E-state index in [0.29, 0.717) is 6.54 Å². The highest BCUT2D eigenvalue weighted by Crippen LogP contribution is 2.17. The van der Waals surface area contributed by atoms with Crippen LogP contribution in [0.2, 0.25) is 0 Å². The first-order valence-corrected chi connectivity index (χ1v) is 4.51. The Kier molecular flexibility index (Phi) is 3.55. The molecule has 0 aromatic carbocycles. The summed E-state index contributed by atoms with van der Waals surface area (Å²) in [7, 11) is 0. The zero-order chi connectivity index (χ0) is 9.68. The van der Waals surface area contributed by atoms with E-state index in [-0.39, 0.29) is 6.04 Å². The minimum Gasteiger partial charge on any atom is -0.465 e. The molecule has 0 radical (unpaired) electrons. The second kappa shape index (κ2) is 4.70. The summed E-state index contributed by atoms with van der Waals surface area (Å²) in [6.07, 6.45) is 7.67. The second-order valence-electron chi connectivity index (χ2n) is 3.16. The lowest BCUT2D eigenvalue weighted by Crippen LogP contribution is -2.39. The minimum atomic E-state index is -0.847. The maximum Gasteiger partial charge on any atom is 0.407 e. The van der Waals surface area contributed by atoms with Crippen LogP contribution in [0.15, 0.2) is 24.8 Å². The highest BCUT2D eigenvalue weighted by Gasteiger charge is 2.21. The van der Waals surface area contributed by atoms with Gasteiger partial charge in [0.25, 0.3) is 0 Å². The van der Waals surface area contributed by atoms with E-state index >= 15 is 0 Å². The van der Waals surface area contributed by atoms with Crippen LogP contribution < -0.4 is 0 Å². The maximum atomic E-state index is 10.8. The van der Waals surface area contributed by atoms with Gasteiger partial charge >= 0.3 is 6.09 Å². The van der Waals surface area contributed by atoms with Gasteiger partial charge in [-0.25, -0.2) is 4.79 Å². The second-order valence-corrected chi connectivity index (χ2v) is 3.16. The Hall–Kier alpha value is -1.25. The van der Waals surface area contributed by atoms with Crippen LogP contribution in [0.4, 0.5) is 4.79 Å². The lowest BCUT2D eigenvalue weighted by Gasteiger charge is -2.29. The summed E-state index contributed by atoms with van der Waals surface area (Å²) in [5.41, 5.74) is 0. The zero-order valence-corrected chi connectivity index (χ0v) is 7.65. The van der Waals surface area contributed by atoms with Crippen molar-refractivity contribution in [1.82, 2.24) is 4.90 Å². The van der Waals surface area contributed by atoms with Gasteiger partial charge < -0.3 is 10.0 Å². The third-order valence-corrected chi connectivity index (χ3v) is 2.25. The van der Waals surface area contributed by atoms with Crippen LogP contribution in [-0.2, 0) is 0 Å². The molecule has 0 aromatic heterocycles. The first-order chi connectivity index (χ1) is 6.25. The van der Waals surface area contributed by atoms with E-state index in [2.05, 4.69) is 12.7 Å². The fourth-order valence-corrected chi connectivity index (χ4v) is 1.58. The van der Waals surface area contributed by atoms with E-state index in [0.717, 1.165) is 19.3 Å². The average Bonchev–Trinajstić information content (AvgIpc) is 2.15. The van der Waals surface area contributed by atoms with Crippen LogP contribution in [0.3, 0.4) is 0 Å². The van der Waals surface area contributed by atoms with E-state index in [1.54, 1.807) is 6.08 Å². The van der Waals surface area contributed by atoms with Crippen LogP contribution in [0.25, 0.3) is 0 Å². The molecule has 13 heavy (non-hydrogen) atoms. The molecule has 0 bridgehead atoms. The number of carbonyl (C=O) groups is 1. The Labute approximate surface area is 78.4 Å². The van der Waals surface area contributed by atoms with Gasteiger partial charge in [0, 0.05) is 12.6 Å². The van der Waals surface area contributed by atoms with E-state index in [1.165, 1.54) is 4.90 Å². The van der Waals surface area contributed by atoms with Gasteiger partial charge in [-0.1, -0.05) is 18.2 Å². The SMILES string of the molecule is C=CCN(C(=O)O)C1CC=CCC1. The van der Waals surface area contributed by atoms with E-state index in [4.69, 9.17) is 5.11 Å². The van der Waals surface area contributed by atoms with Crippen molar-refractivity contribution >= 4 is 6.09 Å². The van der Waals surface area contributed by atoms with E-state index in [1.807, 2.05) is 6.08 Å². The molecular formula is C10H15NO2. The molecule has 0 aromatic rings. The first kappa shape index (κ1) is 9.84. The van der Waals surface area contributed by atoms with Gasteiger partial charge in [0.05, 0.1) is 0 Å². The summed E-state index contributed by atoms with van der Waals surface area (Å²) in [4.78, 5) is 12.3. The van der Waals surface area contributed by atoms with Gasteiger partial charge in [-0.15, -0.1) is 6.58 Å². The highest BCUT2D eigenvalue weighted by molar-refractivity contribution is 5.65. The summed E-state index contributed by atoms with van der Waals surface area (Å²) in [6.45, 7) is 3.98. The van der Waals surface area contributed by atoms with Crippen molar-refractivity contribution < 1.29 is 9.90 Å². The molecule has 0 saturated heterocycles. The van der Waals surface area contributed by atoms with Gasteiger partial charge in [0.15, 0.2) is 0 Å². The number of rotatable bonds is 3. The third kappa shape index (κ3) is 2.61. The summed E-state index contributed by atoms with van der Waals surface area (Å²) in [6, 6.07) is 0.139. The molecule has 1 atom stereocenters. The van der Waals surface area contributed by atoms with Crippen molar-refractivity contribution in [1.29, 1.82) is 0 Å². The molecule has 0 saturated carbocycles. The van der Waals surface area contributed by atoms with E-state index in [9.17, 15) is 4.79 Å². The molecule has 1 aliphatic rings. The number of allylic oxidation sites excluding steroid dienone is 1. The van der Waals surface area contributed by atoms with Gasteiger partial charge in [0.2, 0.25) is 0 Å². The average molecular weight is 181 g/mol. The smallest absolute Gasteiger partial charge is 0.407 e. The molecule has 0 fully saturated rings. The Morgan fingerprint density at radius 1 is 1.69 bits per heavy atom. The molecule has 1 rings (SSSR count). The summed E-state index contributed by atoms with van der Waals surface area (Å²) >= 11 is 0. The molecule has 3 nitrogen and oxygen atoms in total. The maximum absolute atomic E-state index is 10.8. The topological polar surface area (TPSA) is 40.5 Å². The normalized spacial score (nSPS) is 21.1. The Balaban J connectivity index is 2.57. The van der Waals surface area contributed by atoms with Crippen LogP contribution in [0.1, 0.15) is 19.3 Å². The third-order valence-electron chi connectivity index (χ3n) is 2.25. The van der Waals surface area contributed by atoms with Gasteiger partial charge in [-0.05, 0) is 19.3 Å². The van der Waals surface area contributed by atoms with E-state index < -0.39 is 6.09 Å². The van der Waals surface area contributed by atoms with Crippen LogP contribution >= 0.6 is 0 Å². The standard InChI is InChI=1S/C10H15NO2/c1-2-8-11(10(12)13)9-6-4-3-5-7-9/h2-4,9H,1,5-8H2,(H,12,13). The number of hydrogen-bond acceptors (Lipinski definition) is 1. The van der Waals surface area contributed by atoms with Crippen molar-refractivity contribution in [2.24, 2.45) is 0 Å². The first-order valence-electron chi connectivity index (χ1n) is 4.51. The predicted octanol–water partition coefficient (Wildman–Crippen LogP) is 2.26. The Bertz CT molecular complexity index is 223. The molecule has 1 aliphatic carbocycles. The summed E-state index contributed by atoms with van der Waals surface area (Å²) < 4.78 is 0. The number of hydrogen-bond donors (Lipinski definition) is 1. The van der Waals surface area contributed by atoms with Crippen molar-refractivity contribution in [2.75, 3.05) is 6.54 Å². The lowest BCUT2D eigenvalue weighted by molar-refractivity contribution is 0.127. The monoisotopic (exact) mass is 181 g/mol. The molecule has 0 spiro atoms. The summed E-state index contributed by atoms with van der Waals surface area (Å²) in [5, 5.41) is 8.91. The Morgan fingerprint density at radius 2 is 2.46 bits per heavy atom. The quantitative estimate of drug-likeness (QED) is 0.678. The molecule has 1 amide bonds. The van der Waals surface area contributed by atoms with Crippen molar-refractivity contribution in [2.45, 2.75) is 25.3 Å². The number of amides is 1. The van der Waals surface area contributed by atoms with Crippen molar-refractivity contribution in [3.05, 3.63) is 24.8 Å². The van der Waals surface area contributed by atoms with Gasteiger partial charge in [-0.3, -0.25) is 0 Å². The zero-order valence-electron chi connectivity index (χ0n) is 7.65. The van der Waals surface area contributed by atoms with Crippen molar-refractivity contribution in [3.8, 4) is 0 Å². The van der Waals surface area contributed by atoms with Crippen LogP contribution in [-0.4, -0.2) is 28.7 Å². The molecule has 72 valence electrons.